The number of hydrogen-bond acceptors (Lipinski definition) is 2. The maximum atomic E-state index is 2.32. The molecule has 0 aliphatic heterocycles. The van der Waals surface area contributed by atoms with Gasteiger partial charge in [-0.05, 0) is 37.1 Å². The molecule has 0 nitrogen and oxygen atoms in total. The number of hydrogen-bond donors (Lipinski definition) is 0. The summed E-state index contributed by atoms with van der Waals surface area (Å²) in [5.74, 6) is 0. The summed E-state index contributed by atoms with van der Waals surface area (Å²) in [5.41, 5.74) is 5.29. The number of aryl methyl sites for hydroxylation is 2. The molecule has 124 valence electrons. The molecular weight excluding hydrogens is 455 g/mol. The largest absolute Gasteiger partial charge is 0.381 e. The van der Waals surface area contributed by atoms with Gasteiger partial charge in [-0.2, -0.15) is 0 Å². The summed E-state index contributed by atoms with van der Waals surface area (Å²) in [6.45, 7) is 4.27. The van der Waals surface area contributed by atoms with E-state index in [-0.39, 0.29) is 21.2 Å². The second-order valence-electron chi connectivity index (χ2n) is 6.03. The van der Waals surface area contributed by atoms with Crippen molar-refractivity contribution in [1.82, 2.24) is 0 Å². The number of thiophene rings is 2. The van der Waals surface area contributed by atoms with Gasteiger partial charge < -0.3 is 0 Å². The first-order chi connectivity index (χ1) is 12.2. The van der Waals surface area contributed by atoms with Crippen molar-refractivity contribution in [3.8, 4) is 20.9 Å². The zero-order valence-corrected chi connectivity index (χ0v) is 17.9. The third-order valence-electron chi connectivity index (χ3n) is 4.00. The van der Waals surface area contributed by atoms with Crippen LogP contribution >= 0.6 is 22.7 Å². The summed E-state index contributed by atoms with van der Waals surface area (Å²) in [6, 6.07) is 26.9. The third kappa shape index (κ3) is 4.05. The summed E-state index contributed by atoms with van der Waals surface area (Å²) < 4.78 is 3.07. The van der Waals surface area contributed by atoms with Crippen molar-refractivity contribution in [1.29, 1.82) is 0 Å². The molecule has 0 amide bonds. The molecule has 0 fully saturated rings. The van der Waals surface area contributed by atoms with Crippen molar-refractivity contribution in [2.24, 2.45) is 0 Å². The van der Waals surface area contributed by atoms with Crippen molar-refractivity contribution < 1.29 is 21.2 Å². The van der Waals surface area contributed by atoms with Crippen LogP contribution in [0.5, 0.6) is 0 Å². The minimum absolute atomic E-state index is 0.0893. The van der Waals surface area contributed by atoms with E-state index >= 15 is 0 Å². The molecule has 0 aliphatic carbocycles. The summed E-state index contributed by atoms with van der Waals surface area (Å²) in [6.07, 6.45) is 0. The fourth-order valence-corrected chi connectivity index (χ4v) is 8.89. The van der Waals surface area contributed by atoms with Gasteiger partial charge in [0.1, 0.15) is 0 Å². The van der Waals surface area contributed by atoms with Crippen LogP contribution in [0.2, 0.25) is 0 Å². The van der Waals surface area contributed by atoms with Crippen LogP contribution in [0.15, 0.2) is 72.8 Å². The van der Waals surface area contributed by atoms with E-state index in [1.54, 1.807) is 0 Å². The number of halogens is 1. The highest BCUT2D eigenvalue weighted by atomic mass is 127. The highest BCUT2D eigenvalue weighted by molar-refractivity contribution is 7.14. The van der Waals surface area contributed by atoms with E-state index in [9.17, 15) is 0 Å². The van der Waals surface area contributed by atoms with E-state index in [0.717, 1.165) is 0 Å². The fourth-order valence-electron chi connectivity index (χ4n) is 2.57. The normalized spacial score (nSPS) is 11.0. The van der Waals surface area contributed by atoms with Crippen LogP contribution in [-0.2, 0) is 0 Å². The minimum Gasteiger partial charge on any atom is -0.0876 e. The average Bonchev–Trinajstić information content (AvgIpc) is 3.27. The molecule has 0 saturated heterocycles. The Morgan fingerprint density at radius 2 is 0.920 bits per heavy atom. The monoisotopic (exact) mass is 473 g/mol. The summed E-state index contributed by atoms with van der Waals surface area (Å²) in [7, 11) is 0. The number of benzene rings is 2. The van der Waals surface area contributed by atoms with Crippen molar-refractivity contribution >= 4 is 22.7 Å². The molecule has 0 atom stereocenters. The Balaban J connectivity index is 1.51. The summed E-state index contributed by atoms with van der Waals surface area (Å²) >= 11 is 3.81. The number of rotatable bonds is 4. The van der Waals surface area contributed by atoms with E-state index in [0.29, 0.717) is 0 Å². The first kappa shape index (κ1) is 17.0. The van der Waals surface area contributed by atoms with Gasteiger partial charge in [0.2, 0.25) is 5.77 Å². The first-order valence-corrected chi connectivity index (χ1v) is 11.9. The Hall–Kier alpha value is -1.43. The lowest BCUT2D eigenvalue weighted by molar-refractivity contribution is -0.585. The van der Waals surface area contributed by atoms with Crippen molar-refractivity contribution in [3.05, 3.63) is 89.7 Å². The molecule has 0 bridgehead atoms. The van der Waals surface area contributed by atoms with Crippen LogP contribution < -0.4 is 21.2 Å². The van der Waals surface area contributed by atoms with Crippen LogP contribution in [0.4, 0.5) is 0 Å². The molecule has 0 N–H and O–H groups in total. The Bertz CT molecular complexity index is 894. The third-order valence-corrected chi connectivity index (χ3v) is 9.99. The maximum absolute atomic E-state index is 2.32. The van der Waals surface area contributed by atoms with Gasteiger partial charge in [0, 0.05) is 21.9 Å². The highest BCUT2D eigenvalue weighted by Gasteiger charge is 2.21. The zero-order valence-electron chi connectivity index (χ0n) is 14.1. The highest BCUT2D eigenvalue weighted by Crippen LogP contribution is 2.26. The standard InChI is InChI=1S/C22H18IS2/c1-15-3-7-17(8-4-15)19-11-13-21(24-19)23-22-14-12-20(25-22)18-9-5-16(2)6-10-18/h3-14H,1-2H3/q+1. The molecule has 2 heterocycles. The lowest BCUT2D eigenvalue weighted by Crippen LogP contribution is -3.61. The quantitative estimate of drug-likeness (QED) is 0.395. The van der Waals surface area contributed by atoms with Crippen molar-refractivity contribution in [2.75, 3.05) is 0 Å². The topological polar surface area (TPSA) is 0 Å². The van der Waals surface area contributed by atoms with Gasteiger partial charge in [-0.1, -0.05) is 82.3 Å². The Labute approximate surface area is 167 Å². The van der Waals surface area contributed by atoms with E-state index in [1.807, 2.05) is 22.7 Å². The minimum atomic E-state index is -0.0893. The molecule has 0 saturated carbocycles. The fraction of sp³-hybridized carbons (Fsp3) is 0.0909. The van der Waals surface area contributed by atoms with Gasteiger partial charge in [-0.3, -0.25) is 0 Å². The smallest absolute Gasteiger partial charge is 0.0876 e. The maximum Gasteiger partial charge on any atom is 0.381 e. The molecule has 2 aromatic carbocycles. The van der Waals surface area contributed by atoms with E-state index in [1.165, 1.54) is 37.8 Å². The van der Waals surface area contributed by atoms with E-state index in [2.05, 4.69) is 86.6 Å². The van der Waals surface area contributed by atoms with Crippen LogP contribution in [0.25, 0.3) is 20.9 Å². The Morgan fingerprint density at radius 1 is 0.520 bits per heavy atom. The van der Waals surface area contributed by atoms with Gasteiger partial charge in [-0.15, -0.1) is 0 Å². The van der Waals surface area contributed by atoms with Crippen LogP contribution in [0, 0.1) is 19.6 Å². The predicted octanol–water partition coefficient (Wildman–Crippen LogP) is 3.89. The predicted molar refractivity (Wildman–Crippen MR) is 106 cm³/mol. The molecule has 0 aliphatic rings. The van der Waals surface area contributed by atoms with Crippen LogP contribution in [-0.4, -0.2) is 0 Å². The van der Waals surface area contributed by atoms with E-state index < -0.39 is 0 Å². The second-order valence-corrected chi connectivity index (χ2v) is 12.5. The second kappa shape index (κ2) is 7.44. The van der Waals surface area contributed by atoms with Crippen molar-refractivity contribution in [2.45, 2.75) is 13.8 Å². The average molecular weight is 473 g/mol. The van der Waals surface area contributed by atoms with Gasteiger partial charge in [0.25, 0.3) is 0 Å². The molecule has 4 aromatic rings. The lowest BCUT2D eigenvalue weighted by Gasteiger charge is -1.96. The molecular formula is C22H18IS2+. The van der Waals surface area contributed by atoms with Gasteiger partial charge >= 0.3 is 21.2 Å². The van der Waals surface area contributed by atoms with Crippen molar-refractivity contribution in [3.63, 3.8) is 0 Å². The molecule has 4 rings (SSSR count). The molecule has 0 spiro atoms. The molecule has 0 radical (unpaired) electrons. The van der Waals surface area contributed by atoms with Crippen LogP contribution in [0.3, 0.4) is 0 Å². The zero-order chi connectivity index (χ0) is 17.2. The Morgan fingerprint density at radius 3 is 1.32 bits per heavy atom. The Kier molecular flexibility index (Phi) is 5.06. The molecule has 0 unspecified atom stereocenters. The molecule has 2 aromatic heterocycles. The molecule has 3 heteroatoms. The first-order valence-electron chi connectivity index (χ1n) is 8.16. The van der Waals surface area contributed by atoms with Crippen LogP contribution in [0.1, 0.15) is 11.1 Å². The molecule has 25 heavy (non-hydrogen) atoms. The lowest BCUT2D eigenvalue weighted by atomic mass is 10.1. The van der Waals surface area contributed by atoms with E-state index in [4.69, 9.17) is 0 Å². The summed E-state index contributed by atoms with van der Waals surface area (Å²) in [4.78, 5) is 2.76. The SMILES string of the molecule is Cc1ccc(-c2ccc([I+]c3ccc(-c4ccc(C)cc4)s3)s2)cc1. The summed E-state index contributed by atoms with van der Waals surface area (Å²) in [5, 5.41) is 0. The van der Waals surface area contributed by atoms with Gasteiger partial charge in [0.15, 0.2) is 0 Å². The van der Waals surface area contributed by atoms with Gasteiger partial charge in [0.05, 0.1) is 0 Å². The van der Waals surface area contributed by atoms with Gasteiger partial charge in [-0.25, -0.2) is 0 Å².